The zero-order valence-electron chi connectivity index (χ0n) is 11.4. The molecule has 20 heavy (non-hydrogen) atoms. The maximum atomic E-state index is 12.2. The van der Waals surface area contributed by atoms with Crippen LogP contribution in [0, 0.1) is 0 Å². The molecular formula is C14H18N4OS. The summed E-state index contributed by atoms with van der Waals surface area (Å²) in [5.74, 6) is 0.460. The largest absolute Gasteiger partial charge is 0.315 e. The second-order valence-corrected chi connectivity index (χ2v) is 5.88. The first-order valence-corrected chi connectivity index (χ1v) is 7.77. The summed E-state index contributed by atoms with van der Waals surface area (Å²) in [6, 6.07) is 4.24. The molecule has 2 N–H and O–H groups in total. The van der Waals surface area contributed by atoms with E-state index in [9.17, 15) is 4.79 Å². The van der Waals surface area contributed by atoms with Gasteiger partial charge in [-0.3, -0.25) is 9.48 Å². The van der Waals surface area contributed by atoms with E-state index in [-0.39, 0.29) is 11.8 Å². The van der Waals surface area contributed by atoms with Crippen LogP contribution >= 0.6 is 11.3 Å². The van der Waals surface area contributed by atoms with Crippen molar-refractivity contribution in [3.8, 4) is 0 Å². The van der Waals surface area contributed by atoms with Gasteiger partial charge in [0, 0.05) is 18.8 Å². The first-order valence-electron chi connectivity index (χ1n) is 6.83. The third-order valence-electron chi connectivity index (χ3n) is 3.70. The molecule has 0 radical (unpaired) electrons. The van der Waals surface area contributed by atoms with E-state index >= 15 is 0 Å². The summed E-state index contributed by atoms with van der Waals surface area (Å²) in [4.78, 5) is 12.2. The number of carbonyl (C=O) groups excluding carboxylic acids is 1. The predicted molar refractivity (Wildman–Crippen MR) is 80.1 cm³/mol. The number of thiophene rings is 1. The Morgan fingerprint density at radius 3 is 3.20 bits per heavy atom. The third-order valence-corrected chi connectivity index (χ3v) is 4.41. The normalized spacial score (nSPS) is 19.9. The predicted octanol–water partition coefficient (Wildman–Crippen LogP) is 2.22. The number of nitrogens with one attached hydrogen (secondary N) is 2. The summed E-state index contributed by atoms with van der Waals surface area (Å²) >= 11 is 1.61. The van der Waals surface area contributed by atoms with Crippen molar-refractivity contribution in [1.82, 2.24) is 15.1 Å². The van der Waals surface area contributed by atoms with Gasteiger partial charge >= 0.3 is 0 Å². The number of carbonyl (C=O) groups is 1. The molecule has 5 nitrogen and oxygen atoms in total. The monoisotopic (exact) mass is 290 g/mol. The smallest absolute Gasteiger partial charge is 0.232 e. The highest BCUT2D eigenvalue weighted by molar-refractivity contribution is 7.08. The van der Waals surface area contributed by atoms with Crippen LogP contribution in [0.15, 0.2) is 29.1 Å². The van der Waals surface area contributed by atoms with Crippen LogP contribution in [0.5, 0.6) is 0 Å². The van der Waals surface area contributed by atoms with Crippen LogP contribution in [0.1, 0.15) is 30.9 Å². The van der Waals surface area contributed by atoms with Crippen molar-refractivity contribution in [1.29, 1.82) is 0 Å². The fraction of sp³-hybridized carbons (Fsp3) is 0.429. The fourth-order valence-electron chi connectivity index (χ4n) is 2.38. The second kappa shape index (κ2) is 5.76. The van der Waals surface area contributed by atoms with Crippen molar-refractivity contribution in [3.05, 3.63) is 34.7 Å². The number of nitrogens with zero attached hydrogens (tertiary/aromatic N) is 2. The van der Waals surface area contributed by atoms with Crippen LogP contribution in [0.25, 0.3) is 0 Å². The van der Waals surface area contributed by atoms with Crippen LogP contribution in [-0.2, 0) is 4.79 Å². The van der Waals surface area contributed by atoms with Crippen molar-refractivity contribution >= 4 is 23.1 Å². The van der Waals surface area contributed by atoms with E-state index in [1.165, 1.54) is 0 Å². The Labute approximate surface area is 122 Å². The highest BCUT2D eigenvalue weighted by Crippen LogP contribution is 2.20. The molecule has 1 amide bonds. The van der Waals surface area contributed by atoms with Crippen molar-refractivity contribution in [2.75, 3.05) is 18.4 Å². The molecular weight excluding hydrogens is 272 g/mol. The van der Waals surface area contributed by atoms with Crippen LogP contribution in [-0.4, -0.2) is 28.8 Å². The molecule has 2 aromatic rings. The Bertz CT molecular complexity index is 572. The summed E-state index contributed by atoms with van der Waals surface area (Å²) in [6.07, 6.45) is 3.02. The lowest BCUT2D eigenvalue weighted by atomic mass is 10.0. The summed E-state index contributed by atoms with van der Waals surface area (Å²) in [6.45, 7) is 3.89. The van der Waals surface area contributed by atoms with Crippen LogP contribution in [0.4, 0.5) is 5.82 Å². The number of amides is 1. The summed E-state index contributed by atoms with van der Waals surface area (Å²) in [5.41, 5.74) is 1.05. The number of hydrogen-bond donors (Lipinski definition) is 2. The van der Waals surface area contributed by atoms with E-state index in [1.54, 1.807) is 11.3 Å². The average molecular weight is 290 g/mol. The molecule has 0 saturated carbocycles. The van der Waals surface area contributed by atoms with E-state index in [4.69, 9.17) is 0 Å². The van der Waals surface area contributed by atoms with Gasteiger partial charge in [0.1, 0.15) is 0 Å². The topological polar surface area (TPSA) is 59.0 Å². The SMILES string of the molecule is C[C@H](C(=O)Nc1ccn([C@H]2CCNC2)n1)c1ccsc1. The number of rotatable bonds is 4. The summed E-state index contributed by atoms with van der Waals surface area (Å²) in [7, 11) is 0. The highest BCUT2D eigenvalue weighted by atomic mass is 32.1. The average Bonchev–Trinajstić information content (AvgIpc) is 3.19. The quantitative estimate of drug-likeness (QED) is 0.907. The number of hydrogen-bond acceptors (Lipinski definition) is 4. The molecule has 0 bridgehead atoms. The molecule has 0 spiro atoms. The fourth-order valence-corrected chi connectivity index (χ4v) is 3.13. The van der Waals surface area contributed by atoms with E-state index in [0.29, 0.717) is 11.9 Å². The molecule has 1 aliphatic heterocycles. The van der Waals surface area contributed by atoms with E-state index in [1.807, 2.05) is 40.7 Å². The van der Waals surface area contributed by atoms with E-state index in [2.05, 4.69) is 15.7 Å². The molecule has 1 fully saturated rings. The highest BCUT2D eigenvalue weighted by Gasteiger charge is 2.19. The molecule has 6 heteroatoms. The summed E-state index contributed by atoms with van der Waals surface area (Å²) in [5, 5.41) is 14.6. The van der Waals surface area contributed by atoms with Gasteiger partial charge in [-0.05, 0) is 42.3 Å². The lowest BCUT2D eigenvalue weighted by Crippen LogP contribution is -2.19. The molecule has 0 aliphatic carbocycles. The maximum absolute atomic E-state index is 12.2. The molecule has 3 heterocycles. The minimum Gasteiger partial charge on any atom is -0.315 e. The number of aromatic nitrogens is 2. The Morgan fingerprint density at radius 1 is 1.60 bits per heavy atom. The molecule has 106 valence electrons. The van der Waals surface area contributed by atoms with Crippen molar-refractivity contribution in [2.24, 2.45) is 0 Å². The Balaban J connectivity index is 1.64. The number of anilines is 1. The minimum atomic E-state index is -0.153. The Hall–Kier alpha value is -1.66. The van der Waals surface area contributed by atoms with Gasteiger partial charge in [0.25, 0.3) is 0 Å². The third kappa shape index (κ3) is 2.76. The van der Waals surface area contributed by atoms with Gasteiger partial charge in [0.2, 0.25) is 5.91 Å². The van der Waals surface area contributed by atoms with Crippen LogP contribution < -0.4 is 10.6 Å². The molecule has 2 aromatic heterocycles. The Morgan fingerprint density at radius 2 is 2.50 bits per heavy atom. The summed E-state index contributed by atoms with van der Waals surface area (Å²) < 4.78 is 1.94. The molecule has 2 atom stereocenters. The van der Waals surface area contributed by atoms with Gasteiger partial charge in [-0.2, -0.15) is 16.4 Å². The Kier molecular flexibility index (Phi) is 3.84. The van der Waals surface area contributed by atoms with Crippen molar-refractivity contribution in [3.63, 3.8) is 0 Å². The molecule has 0 aromatic carbocycles. The van der Waals surface area contributed by atoms with Crippen molar-refractivity contribution < 1.29 is 4.79 Å². The zero-order valence-corrected chi connectivity index (χ0v) is 12.2. The standard InChI is InChI=1S/C14H18N4OS/c1-10(11-4-7-20-9-11)14(19)16-13-3-6-18(17-13)12-2-5-15-8-12/h3-4,6-7,9-10,12,15H,2,5,8H2,1H3,(H,16,17,19)/t10-,12-/m0/s1. The minimum absolute atomic E-state index is 0.0156. The van der Waals surface area contributed by atoms with Gasteiger partial charge in [-0.15, -0.1) is 0 Å². The van der Waals surface area contributed by atoms with Crippen LogP contribution in [0.3, 0.4) is 0 Å². The van der Waals surface area contributed by atoms with Gasteiger partial charge in [0.15, 0.2) is 5.82 Å². The lowest BCUT2D eigenvalue weighted by molar-refractivity contribution is -0.117. The van der Waals surface area contributed by atoms with E-state index in [0.717, 1.165) is 25.1 Å². The van der Waals surface area contributed by atoms with Gasteiger partial charge < -0.3 is 10.6 Å². The zero-order chi connectivity index (χ0) is 13.9. The molecule has 3 rings (SSSR count). The lowest BCUT2D eigenvalue weighted by Gasteiger charge is -2.10. The first-order chi connectivity index (χ1) is 9.74. The van der Waals surface area contributed by atoms with Crippen LogP contribution in [0.2, 0.25) is 0 Å². The first kappa shape index (κ1) is 13.3. The molecule has 1 aliphatic rings. The van der Waals surface area contributed by atoms with Gasteiger partial charge in [-0.1, -0.05) is 0 Å². The van der Waals surface area contributed by atoms with Crippen molar-refractivity contribution in [2.45, 2.75) is 25.3 Å². The van der Waals surface area contributed by atoms with Gasteiger partial charge in [0.05, 0.1) is 12.0 Å². The van der Waals surface area contributed by atoms with Gasteiger partial charge in [-0.25, -0.2) is 0 Å². The molecule has 0 unspecified atom stereocenters. The molecule has 1 saturated heterocycles. The van der Waals surface area contributed by atoms with E-state index < -0.39 is 0 Å². The maximum Gasteiger partial charge on any atom is 0.232 e. The second-order valence-electron chi connectivity index (χ2n) is 5.10.